The molecule has 26 heavy (non-hydrogen) atoms. The molecule has 0 bridgehead atoms. The first-order chi connectivity index (χ1) is 12.3. The molecule has 1 aromatic carbocycles. The lowest BCUT2D eigenvalue weighted by Gasteiger charge is -2.12. The lowest BCUT2D eigenvalue weighted by Crippen LogP contribution is -2.34. The predicted octanol–water partition coefficient (Wildman–Crippen LogP) is 2.46. The van der Waals surface area contributed by atoms with Gasteiger partial charge in [0.2, 0.25) is 0 Å². The summed E-state index contributed by atoms with van der Waals surface area (Å²) in [7, 11) is 0. The number of hydrogen-bond acceptors (Lipinski definition) is 6. The summed E-state index contributed by atoms with van der Waals surface area (Å²) in [5.41, 5.74) is 7.25. The third-order valence-corrected chi connectivity index (χ3v) is 3.63. The van der Waals surface area contributed by atoms with E-state index < -0.39 is 24.6 Å². The van der Waals surface area contributed by atoms with E-state index in [4.69, 9.17) is 43.5 Å². The molecule has 0 amide bonds. The van der Waals surface area contributed by atoms with E-state index in [2.05, 4.69) is 4.98 Å². The number of hydrogen-bond donors (Lipinski definition) is 2. The Kier molecular flexibility index (Phi) is 7.20. The monoisotopic (exact) mass is 398 g/mol. The van der Waals surface area contributed by atoms with Crippen LogP contribution in [-0.4, -0.2) is 34.7 Å². The third-order valence-electron chi connectivity index (χ3n) is 3.25. The van der Waals surface area contributed by atoms with Gasteiger partial charge in [-0.3, -0.25) is 4.79 Å². The Balaban J connectivity index is 1.85. The van der Waals surface area contributed by atoms with Gasteiger partial charge in [0, 0.05) is 0 Å². The summed E-state index contributed by atoms with van der Waals surface area (Å²) >= 11 is 11.6. The minimum absolute atomic E-state index is 0.0174. The Morgan fingerprint density at radius 3 is 2.31 bits per heavy atom. The number of nitrogens with zero attached hydrogens (tertiary/aromatic N) is 1. The van der Waals surface area contributed by atoms with Crippen LogP contribution in [0.5, 0.6) is 5.75 Å². The number of carbonyl (C=O) groups excluding carboxylic acids is 1. The molecular formula is C17H16Cl2N2O5. The van der Waals surface area contributed by atoms with Crippen molar-refractivity contribution in [3.05, 3.63) is 57.8 Å². The van der Waals surface area contributed by atoms with Gasteiger partial charge < -0.3 is 20.3 Å². The number of esters is 1. The minimum Gasteiger partial charge on any atom is -0.482 e. The Labute approximate surface area is 159 Å². The molecule has 138 valence electrons. The minimum atomic E-state index is -1.06. The lowest BCUT2D eigenvalue weighted by atomic mass is 10.1. The fourth-order valence-electron chi connectivity index (χ4n) is 2.06. The molecule has 1 atom stereocenters. The van der Waals surface area contributed by atoms with E-state index in [0.29, 0.717) is 11.3 Å². The Morgan fingerprint density at radius 2 is 1.73 bits per heavy atom. The second kappa shape index (κ2) is 9.38. The van der Waals surface area contributed by atoms with Crippen molar-refractivity contribution in [2.45, 2.75) is 19.1 Å². The zero-order valence-corrected chi connectivity index (χ0v) is 15.0. The number of nitrogens with two attached hydrogens (primary N) is 1. The molecule has 9 heteroatoms. The second-order valence-corrected chi connectivity index (χ2v) is 6.14. The summed E-state index contributed by atoms with van der Waals surface area (Å²) in [6, 6.07) is 8.85. The largest absolute Gasteiger partial charge is 0.482 e. The van der Waals surface area contributed by atoms with E-state index in [0.717, 1.165) is 5.56 Å². The van der Waals surface area contributed by atoms with Crippen LogP contribution >= 0.6 is 23.2 Å². The summed E-state index contributed by atoms with van der Waals surface area (Å²) in [6.07, 6.45) is 0.260. The highest BCUT2D eigenvalue weighted by Crippen LogP contribution is 2.16. The van der Waals surface area contributed by atoms with Gasteiger partial charge in [0.1, 0.15) is 28.7 Å². The molecule has 1 heterocycles. The molecule has 0 radical (unpaired) electrons. The van der Waals surface area contributed by atoms with Crippen LogP contribution in [0.15, 0.2) is 36.4 Å². The second-order valence-electron chi connectivity index (χ2n) is 5.37. The van der Waals surface area contributed by atoms with Crippen LogP contribution in [0.1, 0.15) is 11.1 Å². The third kappa shape index (κ3) is 6.51. The number of aromatic nitrogens is 1. The first-order valence-corrected chi connectivity index (χ1v) is 8.27. The number of carboxylic acids is 1. The van der Waals surface area contributed by atoms with Crippen molar-refractivity contribution in [1.29, 1.82) is 0 Å². The topological polar surface area (TPSA) is 112 Å². The Hall–Kier alpha value is -2.35. The maximum atomic E-state index is 12.0. The van der Waals surface area contributed by atoms with Crippen LogP contribution in [0, 0.1) is 0 Å². The smallest absolute Gasteiger partial charge is 0.341 e. The fourth-order valence-corrected chi connectivity index (χ4v) is 2.57. The molecule has 0 aliphatic carbocycles. The van der Waals surface area contributed by atoms with Crippen molar-refractivity contribution >= 4 is 35.1 Å². The van der Waals surface area contributed by atoms with Crippen LogP contribution in [0.4, 0.5) is 0 Å². The first-order valence-electron chi connectivity index (χ1n) is 7.51. The highest BCUT2D eigenvalue weighted by atomic mass is 35.5. The Bertz CT molecular complexity index is 763. The predicted molar refractivity (Wildman–Crippen MR) is 95.3 cm³/mol. The molecule has 0 fully saturated rings. The average molecular weight is 399 g/mol. The van der Waals surface area contributed by atoms with Crippen LogP contribution in [0.2, 0.25) is 10.3 Å². The number of halogens is 2. The quantitative estimate of drug-likeness (QED) is 0.518. The molecular weight excluding hydrogens is 383 g/mol. The van der Waals surface area contributed by atoms with Crippen molar-refractivity contribution in [3.63, 3.8) is 0 Å². The molecule has 0 aliphatic heterocycles. The van der Waals surface area contributed by atoms with Gasteiger partial charge in [0.25, 0.3) is 0 Å². The molecule has 3 N–H and O–H groups in total. The van der Waals surface area contributed by atoms with E-state index in [9.17, 15) is 9.59 Å². The molecule has 0 aliphatic rings. The van der Waals surface area contributed by atoms with Gasteiger partial charge in [-0.05, 0) is 41.8 Å². The molecule has 2 aromatic rings. The van der Waals surface area contributed by atoms with Gasteiger partial charge in [-0.2, -0.15) is 0 Å². The van der Waals surface area contributed by atoms with Crippen LogP contribution < -0.4 is 10.5 Å². The van der Waals surface area contributed by atoms with Gasteiger partial charge in [0.15, 0.2) is 6.61 Å². The van der Waals surface area contributed by atoms with Gasteiger partial charge >= 0.3 is 11.9 Å². The normalized spacial score (nSPS) is 11.7. The first kappa shape index (κ1) is 20.0. The van der Waals surface area contributed by atoms with E-state index in [1.165, 1.54) is 0 Å². The van der Waals surface area contributed by atoms with E-state index in [1.54, 1.807) is 36.4 Å². The Morgan fingerprint density at radius 1 is 1.12 bits per heavy atom. The van der Waals surface area contributed by atoms with E-state index >= 15 is 0 Å². The van der Waals surface area contributed by atoms with Crippen molar-refractivity contribution in [3.8, 4) is 5.75 Å². The molecule has 0 unspecified atom stereocenters. The molecule has 0 saturated heterocycles. The van der Waals surface area contributed by atoms with Gasteiger partial charge in [-0.25, -0.2) is 9.78 Å². The summed E-state index contributed by atoms with van der Waals surface area (Å²) < 4.78 is 10.2. The number of carboxylic acid groups (broad SMARTS) is 1. The summed E-state index contributed by atoms with van der Waals surface area (Å²) in [6.45, 7) is -0.440. The number of rotatable bonds is 8. The standard InChI is InChI=1S/C17H16Cl2N2O5/c18-14-6-11(7-15(19)21-14)8-26-17(24)13(20)5-10-1-3-12(4-2-10)25-9-16(22)23/h1-4,6-7,13H,5,8-9,20H2,(H,22,23)/t13-/m0/s1. The average Bonchev–Trinajstić information content (AvgIpc) is 2.58. The zero-order valence-electron chi connectivity index (χ0n) is 13.5. The maximum absolute atomic E-state index is 12.0. The number of aliphatic carboxylic acids is 1. The molecule has 0 spiro atoms. The van der Waals surface area contributed by atoms with Crippen molar-refractivity contribution < 1.29 is 24.2 Å². The highest BCUT2D eigenvalue weighted by molar-refractivity contribution is 6.32. The summed E-state index contributed by atoms with van der Waals surface area (Å²) in [5.74, 6) is -1.21. The van der Waals surface area contributed by atoms with Gasteiger partial charge in [-0.1, -0.05) is 35.3 Å². The lowest BCUT2D eigenvalue weighted by molar-refractivity contribution is -0.146. The summed E-state index contributed by atoms with van der Waals surface area (Å²) in [5, 5.41) is 8.97. The molecule has 2 rings (SSSR count). The van der Waals surface area contributed by atoms with E-state index in [1.807, 2.05) is 0 Å². The van der Waals surface area contributed by atoms with Crippen LogP contribution in [-0.2, 0) is 27.4 Å². The SMILES string of the molecule is N[C@@H](Cc1ccc(OCC(=O)O)cc1)C(=O)OCc1cc(Cl)nc(Cl)c1. The van der Waals surface area contributed by atoms with E-state index in [-0.39, 0.29) is 23.3 Å². The van der Waals surface area contributed by atoms with Crippen molar-refractivity contribution in [2.24, 2.45) is 5.73 Å². The van der Waals surface area contributed by atoms with Gasteiger partial charge in [0.05, 0.1) is 0 Å². The number of carbonyl (C=O) groups is 2. The number of ether oxygens (including phenoxy) is 2. The van der Waals surface area contributed by atoms with Crippen LogP contribution in [0.25, 0.3) is 0 Å². The fraction of sp³-hybridized carbons (Fsp3) is 0.235. The molecule has 0 saturated carbocycles. The van der Waals surface area contributed by atoms with Crippen molar-refractivity contribution in [2.75, 3.05) is 6.61 Å². The summed E-state index contributed by atoms with van der Waals surface area (Å²) in [4.78, 5) is 26.3. The molecule has 7 nitrogen and oxygen atoms in total. The maximum Gasteiger partial charge on any atom is 0.341 e. The van der Waals surface area contributed by atoms with Crippen molar-refractivity contribution in [1.82, 2.24) is 4.98 Å². The van der Waals surface area contributed by atoms with Crippen LogP contribution in [0.3, 0.4) is 0 Å². The molecule has 1 aromatic heterocycles. The number of pyridine rings is 1. The zero-order chi connectivity index (χ0) is 19.1. The van der Waals surface area contributed by atoms with Gasteiger partial charge in [-0.15, -0.1) is 0 Å². The number of benzene rings is 1. The highest BCUT2D eigenvalue weighted by Gasteiger charge is 2.16.